The van der Waals surface area contributed by atoms with Crippen LogP contribution in [-0.2, 0) is 4.79 Å². The van der Waals surface area contributed by atoms with Gasteiger partial charge in [0.1, 0.15) is 5.65 Å². The summed E-state index contributed by atoms with van der Waals surface area (Å²) in [7, 11) is 0. The smallest absolute Gasteiger partial charge is 0.235 e. The maximum Gasteiger partial charge on any atom is 0.235 e. The van der Waals surface area contributed by atoms with Crippen LogP contribution in [0, 0.1) is 0 Å². The number of hydrogen-bond acceptors (Lipinski definition) is 4. The third kappa shape index (κ3) is 2.75. The Morgan fingerprint density at radius 3 is 2.52 bits per heavy atom. The number of rotatable bonds is 3. The van der Waals surface area contributed by atoms with Crippen LogP contribution in [0.25, 0.3) is 27.6 Å². The molecular weight excluding hydrogens is 356 g/mol. The number of amides is 1. The van der Waals surface area contributed by atoms with Crippen LogP contribution in [-0.4, -0.2) is 43.5 Å². The van der Waals surface area contributed by atoms with Crippen molar-refractivity contribution < 1.29 is 4.79 Å². The van der Waals surface area contributed by atoms with Gasteiger partial charge in [-0.15, -0.1) is 0 Å². The summed E-state index contributed by atoms with van der Waals surface area (Å²) in [4.78, 5) is 24.5. The van der Waals surface area contributed by atoms with Crippen LogP contribution in [0.1, 0.15) is 19.8 Å². The molecule has 1 fully saturated rings. The molecule has 2 aromatic carbocycles. The lowest BCUT2D eigenvalue weighted by molar-refractivity contribution is -0.129. The van der Waals surface area contributed by atoms with Crippen LogP contribution in [0.4, 0.5) is 0 Å². The summed E-state index contributed by atoms with van der Waals surface area (Å²) in [5.74, 6) is 0.199. The molecule has 2 aromatic heterocycles. The minimum Gasteiger partial charge on any atom is -0.342 e. The molecule has 1 saturated heterocycles. The summed E-state index contributed by atoms with van der Waals surface area (Å²) in [6.45, 7) is 3.73. The molecule has 0 spiro atoms. The molecule has 6 heteroatoms. The van der Waals surface area contributed by atoms with Gasteiger partial charge in [-0.25, -0.2) is 9.97 Å². The van der Waals surface area contributed by atoms with E-state index in [2.05, 4.69) is 16.5 Å². The summed E-state index contributed by atoms with van der Waals surface area (Å²) in [6.07, 6.45) is 2.21. The van der Waals surface area contributed by atoms with Gasteiger partial charge in [0.25, 0.3) is 0 Å². The number of nitrogens with zero attached hydrogens (tertiary/aromatic N) is 4. The Hall–Kier alpha value is -2.60. The highest BCUT2D eigenvalue weighted by molar-refractivity contribution is 8.00. The van der Waals surface area contributed by atoms with Crippen LogP contribution in [0.15, 0.2) is 53.7 Å². The highest BCUT2D eigenvalue weighted by atomic mass is 32.2. The second-order valence-electron chi connectivity index (χ2n) is 6.96. The Kier molecular flexibility index (Phi) is 4.01. The Labute approximate surface area is 161 Å². The van der Waals surface area contributed by atoms with Crippen molar-refractivity contribution in [2.24, 2.45) is 0 Å². The van der Waals surface area contributed by atoms with E-state index in [0.717, 1.165) is 58.7 Å². The minimum absolute atomic E-state index is 0.180. The number of benzene rings is 2. The molecule has 1 amide bonds. The number of hydrogen-bond donors (Lipinski definition) is 0. The Morgan fingerprint density at radius 1 is 1.00 bits per heavy atom. The Morgan fingerprint density at radius 2 is 1.70 bits per heavy atom. The summed E-state index contributed by atoms with van der Waals surface area (Å²) in [5.41, 5.74) is 3.76. The van der Waals surface area contributed by atoms with Crippen molar-refractivity contribution in [3.05, 3.63) is 48.5 Å². The SMILES string of the molecule is CC(Sc1nc2ccccc2c2nc3ccccc3n12)C(=O)N1CCCC1. The molecule has 1 unspecified atom stereocenters. The molecule has 1 atom stereocenters. The van der Waals surface area contributed by atoms with E-state index < -0.39 is 0 Å². The van der Waals surface area contributed by atoms with Crippen LogP contribution in [0.3, 0.4) is 0 Å². The van der Waals surface area contributed by atoms with Gasteiger partial charge in [-0.3, -0.25) is 9.20 Å². The number of carbonyl (C=O) groups excluding carboxylic acids is 1. The molecule has 1 aliphatic rings. The van der Waals surface area contributed by atoms with Crippen LogP contribution >= 0.6 is 11.8 Å². The lowest BCUT2D eigenvalue weighted by atomic mass is 10.2. The van der Waals surface area contributed by atoms with Gasteiger partial charge in [0.2, 0.25) is 5.91 Å². The maximum atomic E-state index is 12.8. The van der Waals surface area contributed by atoms with Gasteiger partial charge in [-0.1, -0.05) is 36.0 Å². The molecule has 136 valence electrons. The molecule has 3 heterocycles. The van der Waals surface area contributed by atoms with Crippen molar-refractivity contribution in [1.82, 2.24) is 19.3 Å². The first-order chi connectivity index (χ1) is 13.2. The molecule has 5 rings (SSSR count). The summed E-state index contributed by atoms with van der Waals surface area (Å²) < 4.78 is 2.09. The van der Waals surface area contributed by atoms with E-state index in [1.165, 1.54) is 11.8 Å². The second-order valence-corrected chi connectivity index (χ2v) is 8.27. The average Bonchev–Trinajstić information content (AvgIpc) is 3.35. The monoisotopic (exact) mass is 376 g/mol. The molecule has 0 saturated carbocycles. The molecule has 1 aliphatic heterocycles. The zero-order valence-electron chi connectivity index (χ0n) is 15.1. The molecule has 0 radical (unpaired) electrons. The molecule has 0 aliphatic carbocycles. The zero-order valence-corrected chi connectivity index (χ0v) is 15.9. The van der Waals surface area contributed by atoms with Gasteiger partial charge in [-0.05, 0) is 44.0 Å². The number of likely N-dealkylation sites (tertiary alicyclic amines) is 1. The van der Waals surface area contributed by atoms with Gasteiger partial charge in [0.05, 0.1) is 21.8 Å². The minimum atomic E-state index is -0.180. The third-order valence-corrected chi connectivity index (χ3v) is 6.20. The van der Waals surface area contributed by atoms with Gasteiger partial charge in [0, 0.05) is 18.5 Å². The molecule has 0 bridgehead atoms. The van der Waals surface area contributed by atoms with Crippen LogP contribution < -0.4 is 0 Å². The van der Waals surface area contributed by atoms with Crippen molar-refractivity contribution in [3.63, 3.8) is 0 Å². The van der Waals surface area contributed by atoms with Crippen molar-refractivity contribution in [2.75, 3.05) is 13.1 Å². The van der Waals surface area contributed by atoms with E-state index >= 15 is 0 Å². The van der Waals surface area contributed by atoms with Gasteiger partial charge in [0.15, 0.2) is 5.16 Å². The molecule has 5 nitrogen and oxygen atoms in total. The standard InChI is InChI=1S/C21H20N4OS/c1-14(20(26)24-12-6-7-13-24)27-21-23-16-9-3-2-8-15(16)19-22-17-10-4-5-11-18(17)25(19)21/h2-5,8-11,14H,6-7,12-13H2,1H3. The van der Waals surface area contributed by atoms with Crippen molar-refractivity contribution >= 4 is 45.3 Å². The van der Waals surface area contributed by atoms with E-state index in [1.807, 2.05) is 48.2 Å². The molecule has 0 N–H and O–H groups in total. The van der Waals surface area contributed by atoms with E-state index in [9.17, 15) is 4.79 Å². The first-order valence-electron chi connectivity index (χ1n) is 9.34. The summed E-state index contributed by atoms with van der Waals surface area (Å²) >= 11 is 1.52. The predicted octanol–water partition coefficient (Wildman–Crippen LogP) is 4.14. The molecular formula is C21H20N4OS. The number of imidazole rings is 1. The highest BCUT2D eigenvalue weighted by Crippen LogP contribution is 2.31. The number of fused-ring (bicyclic) bond motifs is 5. The number of carbonyl (C=O) groups is 1. The maximum absolute atomic E-state index is 12.8. The average molecular weight is 376 g/mol. The van der Waals surface area contributed by atoms with Gasteiger partial charge >= 0.3 is 0 Å². The van der Waals surface area contributed by atoms with Crippen molar-refractivity contribution in [3.8, 4) is 0 Å². The fraction of sp³-hybridized carbons (Fsp3) is 0.286. The number of aromatic nitrogens is 3. The van der Waals surface area contributed by atoms with E-state index in [-0.39, 0.29) is 11.2 Å². The Balaban J connectivity index is 1.66. The predicted molar refractivity (Wildman–Crippen MR) is 109 cm³/mol. The van der Waals surface area contributed by atoms with E-state index in [1.54, 1.807) is 0 Å². The van der Waals surface area contributed by atoms with Crippen molar-refractivity contribution in [2.45, 2.75) is 30.2 Å². The van der Waals surface area contributed by atoms with Crippen LogP contribution in [0.2, 0.25) is 0 Å². The third-order valence-electron chi connectivity index (χ3n) is 5.16. The normalized spacial score (nSPS) is 15.8. The topological polar surface area (TPSA) is 50.5 Å². The molecule has 27 heavy (non-hydrogen) atoms. The molecule has 4 aromatic rings. The summed E-state index contributed by atoms with van der Waals surface area (Å²) in [6, 6.07) is 16.1. The lowest BCUT2D eigenvalue weighted by Gasteiger charge is -2.20. The quantitative estimate of drug-likeness (QED) is 0.398. The summed E-state index contributed by atoms with van der Waals surface area (Å²) in [5, 5.41) is 1.66. The lowest BCUT2D eigenvalue weighted by Crippen LogP contribution is -2.34. The van der Waals surface area contributed by atoms with E-state index in [4.69, 9.17) is 9.97 Å². The number of para-hydroxylation sites is 3. The largest absolute Gasteiger partial charge is 0.342 e. The number of thioether (sulfide) groups is 1. The van der Waals surface area contributed by atoms with Crippen molar-refractivity contribution in [1.29, 1.82) is 0 Å². The van der Waals surface area contributed by atoms with Crippen LogP contribution in [0.5, 0.6) is 0 Å². The Bertz CT molecular complexity index is 1160. The highest BCUT2D eigenvalue weighted by Gasteiger charge is 2.26. The van der Waals surface area contributed by atoms with Gasteiger partial charge < -0.3 is 4.90 Å². The fourth-order valence-electron chi connectivity index (χ4n) is 3.80. The first kappa shape index (κ1) is 16.6. The fourth-order valence-corrected chi connectivity index (χ4v) is 4.80. The zero-order chi connectivity index (χ0) is 18.4. The van der Waals surface area contributed by atoms with Gasteiger partial charge in [-0.2, -0.15) is 0 Å². The van der Waals surface area contributed by atoms with E-state index in [0.29, 0.717) is 0 Å². The second kappa shape index (κ2) is 6.53. The first-order valence-corrected chi connectivity index (χ1v) is 10.2.